The molecular weight excluding hydrogens is 146 g/mol. The minimum Gasteiger partial charge on any atom is -0.417 e. The van der Waals surface area contributed by atoms with Crippen LogP contribution in [0.25, 0.3) is 0 Å². The fraction of sp³-hybridized carbons (Fsp3) is 0.143. The fourth-order valence-corrected chi connectivity index (χ4v) is 0.427. The maximum atomic E-state index is 10.8. The molecule has 1 heterocycles. The second-order valence-corrected chi connectivity index (χ2v) is 1.97. The Labute approximate surface area is 63.5 Å². The smallest absolute Gasteiger partial charge is 0.401 e. The summed E-state index contributed by atoms with van der Waals surface area (Å²) in [5.74, 6) is -0.535. The number of hydrogen-bond acceptors (Lipinski definition) is 4. The molecule has 4 heteroatoms. The maximum Gasteiger partial charge on any atom is 0.401 e. The second-order valence-electron chi connectivity index (χ2n) is 1.97. The van der Waals surface area contributed by atoms with E-state index in [4.69, 9.17) is 0 Å². The van der Waals surface area contributed by atoms with Crippen LogP contribution in [0, 0.1) is 0 Å². The number of esters is 1. The summed E-state index contributed by atoms with van der Waals surface area (Å²) in [5.41, 5.74) is 0.309. The first-order chi connectivity index (χ1) is 5.20. The van der Waals surface area contributed by atoms with E-state index in [9.17, 15) is 4.79 Å². The number of carbonyl (C=O) groups is 1. The molecule has 0 N–H and O–H groups in total. The van der Waals surface area contributed by atoms with Crippen molar-refractivity contribution in [3.63, 3.8) is 0 Å². The lowest BCUT2D eigenvalue weighted by molar-refractivity contribution is -0.131. The van der Waals surface area contributed by atoms with Crippen molar-refractivity contribution in [2.45, 2.75) is 6.92 Å². The summed E-state index contributed by atoms with van der Waals surface area (Å²) in [5, 5.41) is 0. The first-order valence-corrected chi connectivity index (χ1v) is 2.97. The first-order valence-electron chi connectivity index (χ1n) is 2.97. The van der Waals surface area contributed by atoms with Crippen molar-refractivity contribution in [3.8, 4) is 6.08 Å². The van der Waals surface area contributed by atoms with Gasteiger partial charge in [0.05, 0.1) is 6.20 Å². The molecule has 0 fully saturated rings. The third kappa shape index (κ3) is 1.93. The molecule has 0 aliphatic heterocycles. The molecule has 0 aliphatic rings. The van der Waals surface area contributed by atoms with Crippen molar-refractivity contribution in [1.29, 1.82) is 0 Å². The summed E-state index contributed by atoms with van der Waals surface area (Å²) in [7, 11) is 0. The molecule has 0 radical (unpaired) electrons. The van der Waals surface area contributed by atoms with Gasteiger partial charge in [-0.1, -0.05) is 6.58 Å². The molecule has 0 aliphatic carbocycles. The lowest BCUT2D eigenvalue weighted by Gasteiger charge is -1.95. The highest BCUT2D eigenvalue weighted by Crippen LogP contribution is 2.06. The van der Waals surface area contributed by atoms with Gasteiger partial charge in [0.1, 0.15) is 6.26 Å². The highest BCUT2D eigenvalue weighted by atomic mass is 16.6. The fourth-order valence-electron chi connectivity index (χ4n) is 0.427. The largest absolute Gasteiger partial charge is 0.417 e. The monoisotopic (exact) mass is 153 g/mol. The standard InChI is InChI=1S/C7H7NO3/c1-5(2)6(9)11-7-8-3-4-10-7/h3-4H,1H2,2H3. The Morgan fingerprint density at radius 3 is 3.00 bits per heavy atom. The minimum absolute atomic E-state index is 0.0574. The third-order valence-corrected chi connectivity index (χ3v) is 0.938. The molecule has 1 aromatic heterocycles. The Morgan fingerprint density at radius 1 is 1.82 bits per heavy atom. The molecule has 0 spiro atoms. The van der Waals surface area contributed by atoms with E-state index in [1.807, 2.05) is 0 Å². The van der Waals surface area contributed by atoms with Crippen LogP contribution in [0.4, 0.5) is 0 Å². The van der Waals surface area contributed by atoms with E-state index < -0.39 is 5.97 Å². The van der Waals surface area contributed by atoms with Crippen molar-refractivity contribution >= 4 is 5.97 Å². The summed E-state index contributed by atoms with van der Waals surface area (Å²) in [6.45, 7) is 4.94. The summed E-state index contributed by atoms with van der Waals surface area (Å²) in [6, 6.07) is 0. The molecule has 0 saturated heterocycles. The Balaban J connectivity index is 2.57. The molecule has 0 atom stereocenters. The normalized spacial score (nSPS) is 9.18. The van der Waals surface area contributed by atoms with E-state index in [2.05, 4.69) is 20.7 Å². The van der Waals surface area contributed by atoms with Crippen LogP contribution < -0.4 is 4.74 Å². The average Bonchev–Trinajstić information content (AvgIpc) is 2.39. The molecule has 0 amide bonds. The van der Waals surface area contributed by atoms with E-state index in [-0.39, 0.29) is 6.08 Å². The number of hydrogen-bond donors (Lipinski definition) is 0. The molecule has 11 heavy (non-hydrogen) atoms. The van der Waals surface area contributed by atoms with Gasteiger partial charge in [-0.15, -0.1) is 0 Å². The van der Waals surface area contributed by atoms with E-state index in [1.165, 1.54) is 12.5 Å². The highest BCUT2D eigenvalue weighted by molar-refractivity contribution is 5.88. The zero-order valence-electron chi connectivity index (χ0n) is 6.03. The maximum absolute atomic E-state index is 10.8. The van der Waals surface area contributed by atoms with Gasteiger partial charge >= 0.3 is 12.0 Å². The number of carbonyl (C=O) groups excluding carboxylic acids is 1. The highest BCUT2D eigenvalue weighted by Gasteiger charge is 2.07. The van der Waals surface area contributed by atoms with Gasteiger partial charge in [-0.2, -0.15) is 4.98 Å². The number of nitrogens with zero attached hydrogens (tertiary/aromatic N) is 1. The third-order valence-electron chi connectivity index (χ3n) is 0.938. The van der Waals surface area contributed by atoms with E-state index in [0.717, 1.165) is 0 Å². The first kappa shape index (κ1) is 7.53. The summed E-state index contributed by atoms with van der Waals surface area (Å²) < 4.78 is 9.26. The van der Waals surface area contributed by atoms with Gasteiger partial charge < -0.3 is 9.15 Å². The number of aromatic nitrogens is 1. The van der Waals surface area contributed by atoms with Crippen LogP contribution in [0.3, 0.4) is 0 Å². The summed E-state index contributed by atoms with van der Waals surface area (Å²) in [4.78, 5) is 14.4. The minimum atomic E-state index is -0.535. The van der Waals surface area contributed by atoms with Crippen LogP contribution in [0.15, 0.2) is 29.0 Å². The molecule has 0 saturated carbocycles. The molecule has 0 aromatic carbocycles. The van der Waals surface area contributed by atoms with Gasteiger partial charge in [-0.3, -0.25) is 0 Å². The van der Waals surface area contributed by atoms with Crippen LogP contribution in [-0.4, -0.2) is 11.0 Å². The van der Waals surface area contributed by atoms with Crippen molar-refractivity contribution < 1.29 is 13.9 Å². The molecule has 1 aromatic rings. The van der Waals surface area contributed by atoms with Gasteiger partial charge in [0.2, 0.25) is 0 Å². The zero-order chi connectivity index (χ0) is 8.27. The number of oxazole rings is 1. The molecular formula is C7H7NO3. The van der Waals surface area contributed by atoms with Crippen LogP contribution in [0.5, 0.6) is 6.08 Å². The SMILES string of the molecule is C=C(C)C(=O)Oc1ncco1. The van der Waals surface area contributed by atoms with Gasteiger partial charge in [0.25, 0.3) is 0 Å². The van der Waals surface area contributed by atoms with Crippen molar-refractivity contribution in [2.75, 3.05) is 0 Å². The molecule has 58 valence electrons. The quantitative estimate of drug-likeness (QED) is 0.472. The number of rotatable bonds is 2. The average molecular weight is 153 g/mol. The Kier molecular flexibility index (Phi) is 2.06. The predicted octanol–water partition coefficient (Wildman–Crippen LogP) is 1.16. The summed E-state index contributed by atoms with van der Waals surface area (Å²) >= 11 is 0. The Hall–Kier alpha value is -1.58. The van der Waals surface area contributed by atoms with Gasteiger partial charge in [-0.25, -0.2) is 4.79 Å². The van der Waals surface area contributed by atoms with Crippen LogP contribution in [0.2, 0.25) is 0 Å². The molecule has 0 bridgehead atoms. The zero-order valence-corrected chi connectivity index (χ0v) is 6.03. The van der Waals surface area contributed by atoms with Crippen LogP contribution in [0.1, 0.15) is 6.92 Å². The van der Waals surface area contributed by atoms with Crippen molar-refractivity contribution in [2.24, 2.45) is 0 Å². The summed E-state index contributed by atoms with van der Waals surface area (Å²) in [6.07, 6.45) is 2.65. The second kappa shape index (κ2) is 3.01. The van der Waals surface area contributed by atoms with Crippen LogP contribution >= 0.6 is 0 Å². The predicted molar refractivity (Wildman–Crippen MR) is 37.0 cm³/mol. The van der Waals surface area contributed by atoms with Gasteiger partial charge in [0.15, 0.2) is 0 Å². The van der Waals surface area contributed by atoms with E-state index in [1.54, 1.807) is 6.92 Å². The molecule has 1 rings (SSSR count). The van der Waals surface area contributed by atoms with E-state index in [0.29, 0.717) is 5.57 Å². The molecule has 4 nitrogen and oxygen atoms in total. The lowest BCUT2D eigenvalue weighted by Crippen LogP contribution is -2.08. The van der Waals surface area contributed by atoms with Crippen molar-refractivity contribution in [1.82, 2.24) is 4.98 Å². The Bertz CT molecular complexity index is 263. The van der Waals surface area contributed by atoms with Crippen molar-refractivity contribution in [3.05, 3.63) is 24.6 Å². The van der Waals surface area contributed by atoms with E-state index >= 15 is 0 Å². The number of ether oxygens (including phenoxy) is 1. The Morgan fingerprint density at radius 2 is 2.55 bits per heavy atom. The lowest BCUT2D eigenvalue weighted by atomic mass is 10.4. The molecule has 0 unspecified atom stereocenters. The van der Waals surface area contributed by atoms with Gasteiger partial charge in [-0.05, 0) is 6.92 Å². The van der Waals surface area contributed by atoms with Gasteiger partial charge in [0, 0.05) is 5.57 Å². The topological polar surface area (TPSA) is 52.3 Å². The van der Waals surface area contributed by atoms with Crippen LogP contribution in [-0.2, 0) is 4.79 Å².